The highest BCUT2D eigenvalue weighted by molar-refractivity contribution is 6.31. The molecule has 40 heavy (non-hydrogen) atoms. The molecule has 1 N–H and O–H groups in total. The lowest BCUT2D eigenvalue weighted by Crippen LogP contribution is -2.40. The molecule has 5 heteroatoms. The number of fused-ring (bicyclic) bond motifs is 3. The van der Waals surface area contributed by atoms with Gasteiger partial charge in [0.1, 0.15) is 11.2 Å². The minimum atomic E-state index is -1.41. The molecule has 1 aliphatic carbocycles. The number of amides is 1. The zero-order valence-electron chi connectivity index (χ0n) is 22.5. The van der Waals surface area contributed by atoms with Gasteiger partial charge in [0.05, 0.1) is 0 Å². The lowest BCUT2D eigenvalue weighted by molar-refractivity contribution is -0.156. The summed E-state index contributed by atoms with van der Waals surface area (Å²) in [5.74, 6) is -1.80. The molecule has 1 amide bonds. The molecule has 1 aromatic heterocycles. The van der Waals surface area contributed by atoms with Crippen LogP contribution in [-0.4, -0.2) is 28.4 Å². The number of furan rings is 1. The SMILES string of the molecule is O=C(O)C(=O)N(Cc1ccccc1)CC(c1ccc(-c2cccc3c2oc2ccccc23)cc1)C1CCCCC1. The fraction of sp³-hybridized carbons (Fsp3) is 0.257. The third kappa shape index (κ3) is 5.24. The number of rotatable bonds is 7. The van der Waals surface area contributed by atoms with Gasteiger partial charge in [0, 0.05) is 35.3 Å². The zero-order valence-corrected chi connectivity index (χ0v) is 22.5. The smallest absolute Gasteiger partial charge is 0.394 e. The Hall–Kier alpha value is -4.38. The van der Waals surface area contributed by atoms with E-state index < -0.39 is 11.9 Å². The molecule has 6 rings (SSSR count). The summed E-state index contributed by atoms with van der Waals surface area (Å²) in [6, 6.07) is 32.5. The van der Waals surface area contributed by atoms with Crippen molar-refractivity contribution in [2.24, 2.45) is 5.92 Å². The summed E-state index contributed by atoms with van der Waals surface area (Å²) in [5.41, 5.74) is 5.93. The van der Waals surface area contributed by atoms with E-state index in [1.54, 1.807) is 0 Å². The summed E-state index contributed by atoms with van der Waals surface area (Å²) in [6.45, 7) is 0.657. The van der Waals surface area contributed by atoms with Crippen LogP contribution in [0, 0.1) is 5.92 Å². The highest BCUT2D eigenvalue weighted by atomic mass is 16.4. The van der Waals surface area contributed by atoms with Gasteiger partial charge < -0.3 is 14.4 Å². The number of benzene rings is 4. The van der Waals surface area contributed by atoms with Crippen molar-refractivity contribution in [2.75, 3.05) is 6.54 Å². The number of nitrogens with zero attached hydrogens (tertiary/aromatic N) is 1. The Morgan fingerprint density at radius 3 is 2.25 bits per heavy atom. The Labute approximate surface area is 234 Å². The van der Waals surface area contributed by atoms with Crippen LogP contribution in [0.5, 0.6) is 0 Å². The highest BCUT2D eigenvalue weighted by Gasteiger charge is 2.31. The number of carboxylic acids is 1. The molecule has 1 fully saturated rings. The Morgan fingerprint density at radius 2 is 1.50 bits per heavy atom. The first kappa shape index (κ1) is 25.9. The second-order valence-electron chi connectivity index (χ2n) is 10.9. The first-order chi connectivity index (χ1) is 19.6. The summed E-state index contributed by atoms with van der Waals surface area (Å²) < 4.78 is 6.27. The van der Waals surface area contributed by atoms with Crippen molar-refractivity contribution < 1.29 is 19.1 Å². The number of para-hydroxylation sites is 2. The molecule has 5 nitrogen and oxygen atoms in total. The van der Waals surface area contributed by atoms with E-state index in [2.05, 4.69) is 48.5 Å². The molecule has 1 unspecified atom stereocenters. The molecule has 0 saturated heterocycles. The quantitative estimate of drug-likeness (QED) is 0.216. The van der Waals surface area contributed by atoms with Crippen molar-refractivity contribution in [3.8, 4) is 11.1 Å². The predicted molar refractivity (Wildman–Crippen MR) is 158 cm³/mol. The minimum Gasteiger partial charge on any atom is -0.474 e. The summed E-state index contributed by atoms with van der Waals surface area (Å²) >= 11 is 0. The van der Waals surface area contributed by atoms with E-state index >= 15 is 0 Å². The number of carbonyl (C=O) groups is 2. The topological polar surface area (TPSA) is 70.8 Å². The standard InChI is InChI=1S/C35H33NO4/c37-34(35(38)39)36(22-24-10-3-1-4-11-24)23-31(25-12-5-2-6-13-25)27-20-18-26(19-21-27)28-15-9-16-30-29-14-7-8-17-32(29)40-33(28)30/h1,3-4,7-11,14-21,25,31H,2,5-6,12-13,22-23H2,(H,38,39). The van der Waals surface area contributed by atoms with Gasteiger partial charge in [-0.25, -0.2) is 4.79 Å². The van der Waals surface area contributed by atoms with Gasteiger partial charge in [0.15, 0.2) is 0 Å². The molecule has 4 aromatic carbocycles. The minimum absolute atomic E-state index is 0.0587. The van der Waals surface area contributed by atoms with E-state index in [9.17, 15) is 14.7 Å². The van der Waals surface area contributed by atoms with Gasteiger partial charge in [-0.3, -0.25) is 4.79 Å². The number of carboxylic acid groups (broad SMARTS) is 1. The van der Waals surface area contributed by atoms with Crippen LogP contribution in [-0.2, 0) is 16.1 Å². The summed E-state index contributed by atoms with van der Waals surface area (Å²) in [4.78, 5) is 26.2. The van der Waals surface area contributed by atoms with Crippen LogP contribution in [0.15, 0.2) is 101 Å². The first-order valence-electron chi connectivity index (χ1n) is 14.1. The molecule has 202 valence electrons. The molecule has 0 aliphatic heterocycles. The molecule has 0 bridgehead atoms. The number of hydrogen-bond donors (Lipinski definition) is 1. The second-order valence-corrected chi connectivity index (χ2v) is 10.9. The summed E-state index contributed by atoms with van der Waals surface area (Å²) in [7, 11) is 0. The monoisotopic (exact) mass is 531 g/mol. The molecule has 1 aliphatic rings. The third-order valence-electron chi connectivity index (χ3n) is 8.38. The maximum atomic E-state index is 12.9. The van der Waals surface area contributed by atoms with E-state index in [0.717, 1.165) is 57.0 Å². The molecular weight excluding hydrogens is 498 g/mol. The van der Waals surface area contributed by atoms with Crippen molar-refractivity contribution in [1.29, 1.82) is 0 Å². The van der Waals surface area contributed by atoms with Crippen LogP contribution in [0.1, 0.15) is 49.1 Å². The largest absolute Gasteiger partial charge is 0.474 e. The second kappa shape index (κ2) is 11.4. The van der Waals surface area contributed by atoms with Crippen molar-refractivity contribution in [1.82, 2.24) is 4.90 Å². The predicted octanol–water partition coefficient (Wildman–Crippen LogP) is 8.03. The molecule has 5 aromatic rings. The maximum Gasteiger partial charge on any atom is 0.394 e. The molecule has 0 spiro atoms. The van der Waals surface area contributed by atoms with Crippen molar-refractivity contribution in [3.63, 3.8) is 0 Å². The van der Waals surface area contributed by atoms with Gasteiger partial charge in [-0.15, -0.1) is 0 Å². The van der Waals surface area contributed by atoms with Crippen molar-refractivity contribution >= 4 is 33.8 Å². The summed E-state index contributed by atoms with van der Waals surface area (Å²) in [5, 5.41) is 11.8. The van der Waals surface area contributed by atoms with Crippen molar-refractivity contribution in [3.05, 3.63) is 108 Å². The number of aliphatic carboxylic acids is 1. The van der Waals surface area contributed by atoms with Crippen LogP contribution >= 0.6 is 0 Å². The molecule has 0 radical (unpaired) electrons. The van der Waals surface area contributed by atoms with Crippen LogP contribution in [0.25, 0.3) is 33.1 Å². The van der Waals surface area contributed by atoms with E-state index in [-0.39, 0.29) is 12.5 Å². The maximum absolute atomic E-state index is 12.9. The lowest BCUT2D eigenvalue weighted by atomic mass is 9.76. The van der Waals surface area contributed by atoms with E-state index in [0.29, 0.717) is 12.5 Å². The van der Waals surface area contributed by atoms with E-state index in [4.69, 9.17) is 4.42 Å². The van der Waals surface area contributed by atoms with Gasteiger partial charge in [-0.1, -0.05) is 110 Å². The Balaban J connectivity index is 1.34. The Kier molecular flexibility index (Phi) is 7.37. The number of hydrogen-bond acceptors (Lipinski definition) is 3. The fourth-order valence-corrected chi connectivity index (χ4v) is 6.34. The van der Waals surface area contributed by atoms with Gasteiger partial charge in [-0.2, -0.15) is 0 Å². The van der Waals surface area contributed by atoms with Crippen LogP contribution < -0.4 is 0 Å². The molecule has 1 atom stereocenters. The normalized spacial score (nSPS) is 14.8. The van der Waals surface area contributed by atoms with Crippen molar-refractivity contribution in [2.45, 2.75) is 44.6 Å². The van der Waals surface area contributed by atoms with Gasteiger partial charge in [0.25, 0.3) is 0 Å². The Bertz CT molecular complexity index is 1630. The number of carbonyl (C=O) groups excluding carboxylic acids is 1. The first-order valence-corrected chi connectivity index (χ1v) is 14.1. The van der Waals surface area contributed by atoms with E-state index in [1.165, 1.54) is 24.2 Å². The van der Waals surface area contributed by atoms with Crippen LogP contribution in [0.2, 0.25) is 0 Å². The average molecular weight is 532 g/mol. The van der Waals surface area contributed by atoms with Gasteiger partial charge in [-0.05, 0) is 41.5 Å². The van der Waals surface area contributed by atoms with Crippen LogP contribution in [0.4, 0.5) is 0 Å². The van der Waals surface area contributed by atoms with E-state index in [1.807, 2.05) is 48.5 Å². The highest BCUT2D eigenvalue weighted by Crippen LogP contribution is 2.39. The van der Waals surface area contributed by atoms with Gasteiger partial charge in [0.2, 0.25) is 0 Å². The Morgan fingerprint density at radius 1 is 0.800 bits per heavy atom. The lowest BCUT2D eigenvalue weighted by Gasteiger charge is -2.34. The average Bonchev–Trinajstić information content (AvgIpc) is 3.39. The fourth-order valence-electron chi connectivity index (χ4n) is 6.34. The zero-order chi connectivity index (χ0) is 27.5. The third-order valence-corrected chi connectivity index (χ3v) is 8.38. The summed E-state index contributed by atoms with van der Waals surface area (Å²) in [6.07, 6.45) is 5.74. The molecule has 1 saturated carbocycles. The molecule has 1 heterocycles. The molecular formula is C35H33NO4. The van der Waals surface area contributed by atoms with Gasteiger partial charge >= 0.3 is 11.9 Å². The van der Waals surface area contributed by atoms with Crippen LogP contribution in [0.3, 0.4) is 0 Å².